The summed E-state index contributed by atoms with van der Waals surface area (Å²) in [5, 5.41) is 4.91. The molecule has 0 fully saturated rings. The van der Waals surface area contributed by atoms with Crippen LogP contribution in [0.15, 0.2) is 17.0 Å². The quantitative estimate of drug-likeness (QED) is 0.558. The first-order valence-corrected chi connectivity index (χ1v) is 8.44. The molecule has 0 heterocycles. The molecule has 0 bridgehead atoms. The number of rotatable bonds is 8. The van der Waals surface area contributed by atoms with Crippen LogP contribution in [0.1, 0.15) is 18.9 Å². The van der Waals surface area contributed by atoms with E-state index in [-0.39, 0.29) is 4.90 Å². The number of methoxy groups -OCH3 is 1. The predicted octanol–water partition coefficient (Wildman–Crippen LogP) is 1.60. The number of ether oxygens (including phenoxy) is 1. The molecule has 0 aromatic heterocycles. The highest BCUT2D eigenvalue weighted by molar-refractivity contribution is 7.89. The van der Waals surface area contributed by atoms with Gasteiger partial charge in [-0.15, -0.1) is 4.83 Å². The van der Waals surface area contributed by atoms with Crippen LogP contribution in [0.4, 0.5) is 0 Å². The van der Waals surface area contributed by atoms with Crippen molar-refractivity contribution in [1.29, 1.82) is 0 Å². The Balaban J connectivity index is 3.25. The van der Waals surface area contributed by atoms with Gasteiger partial charge in [0.2, 0.25) is 0 Å². The highest BCUT2D eigenvalue weighted by atomic mass is 35.5. The van der Waals surface area contributed by atoms with Gasteiger partial charge in [-0.05, 0) is 25.1 Å². The number of sulfonamides is 1. The van der Waals surface area contributed by atoms with E-state index in [9.17, 15) is 8.42 Å². The third-order valence-corrected chi connectivity index (χ3v) is 4.34. The Hall–Kier alpha value is -0.860. The van der Waals surface area contributed by atoms with E-state index in [1.807, 2.05) is 0 Å². The first-order chi connectivity index (χ1) is 9.81. The Morgan fingerprint density at radius 1 is 1.33 bits per heavy atom. The van der Waals surface area contributed by atoms with Crippen molar-refractivity contribution in [1.82, 2.24) is 15.2 Å². The molecule has 8 heteroatoms. The molecule has 0 aliphatic rings. The predicted molar refractivity (Wildman–Crippen MR) is 84.0 cm³/mol. The lowest BCUT2D eigenvalue weighted by Crippen LogP contribution is -2.36. The molecular formula is C13H22ClN3O3S. The van der Waals surface area contributed by atoms with Crippen LogP contribution in [0.3, 0.4) is 0 Å². The molecule has 0 radical (unpaired) electrons. The van der Waals surface area contributed by atoms with E-state index in [1.165, 1.54) is 18.2 Å². The van der Waals surface area contributed by atoms with Gasteiger partial charge >= 0.3 is 0 Å². The van der Waals surface area contributed by atoms with Gasteiger partial charge < -0.3 is 10.1 Å². The highest BCUT2D eigenvalue weighted by Crippen LogP contribution is 2.31. The smallest absolute Gasteiger partial charge is 0.257 e. The summed E-state index contributed by atoms with van der Waals surface area (Å²) in [6.45, 7) is 3.37. The molecule has 0 amide bonds. The van der Waals surface area contributed by atoms with Crippen molar-refractivity contribution in [2.24, 2.45) is 0 Å². The molecule has 6 nitrogen and oxygen atoms in total. The average molecular weight is 336 g/mol. The average Bonchev–Trinajstić information content (AvgIpc) is 2.37. The lowest BCUT2D eigenvalue weighted by molar-refractivity contribution is 0.359. The topological polar surface area (TPSA) is 70.7 Å². The fourth-order valence-corrected chi connectivity index (χ4v) is 3.50. The van der Waals surface area contributed by atoms with Crippen LogP contribution in [0, 0.1) is 0 Å². The highest BCUT2D eigenvalue weighted by Gasteiger charge is 2.23. The normalized spacial score (nSPS) is 11.9. The van der Waals surface area contributed by atoms with Crippen LogP contribution in [0.25, 0.3) is 0 Å². The van der Waals surface area contributed by atoms with Crippen molar-refractivity contribution in [3.8, 4) is 5.75 Å². The van der Waals surface area contributed by atoms with Crippen LogP contribution in [0.5, 0.6) is 5.75 Å². The fourth-order valence-electron chi connectivity index (χ4n) is 1.87. The summed E-state index contributed by atoms with van der Waals surface area (Å²) in [5.41, 5.74) is 0.706. The number of hydrazine groups is 1. The van der Waals surface area contributed by atoms with E-state index in [0.717, 1.165) is 13.0 Å². The molecule has 2 N–H and O–H groups in total. The van der Waals surface area contributed by atoms with E-state index < -0.39 is 10.0 Å². The second-order valence-electron chi connectivity index (χ2n) is 4.76. The lowest BCUT2D eigenvalue weighted by Gasteiger charge is -2.18. The van der Waals surface area contributed by atoms with Gasteiger partial charge in [0, 0.05) is 31.2 Å². The first-order valence-electron chi connectivity index (χ1n) is 6.58. The second kappa shape index (κ2) is 7.95. The minimum Gasteiger partial charge on any atom is -0.495 e. The van der Waals surface area contributed by atoms with Gasteiger partial charge in [-0.2, -0.15) is 0 Å². The van der Waals surface area contributed by atoms with Gasteiger partial charge in [0.05, 0.1) is 7.11 Å². The maximum Gasteiger partial charge on any atom is 0.257 e. The maximum absolute atomic E-state index is 12.3. The van der Waals surface area contributed by atoms with Gasteiger partial charge in [0.15, 0.2) is 0 Å². The molecule has 1 aromatic rings. The Morgan fingerprint density at radius 3 is 2.52 bits per heavy atom. The molecule has 0 aliphatic carbocycles. The maximum atomic E-state index is 12.3. The molecule has 1 aromatic carbocycles. The monoisotopic (exact) mass is 335 g/mol. The van der Waals surface area contributed by atoms with Crippen molar-refractivity contribution in [3.05, 3.63) is 22.7 Å². The summed E-state index contributed by atoms with van der Waals surface area (Å²) in [7, 11) is 0.898. The van der Waals surface area contributed by atoms with Crippen molar-refractivity contribution in [2.75, 3.05) is 27.7 Å². The van der Waals surface area contributed by atoms with Crippen LogP contribution >= 0.6 is 11.6 Å². The van der Waals surface area contributed by atoms with Crippen LogP contribution in [-0.2, 0) is 16.6 Å². The molecule has 120 valence electrons. The molecule has 0 unspecified atom stereocenters. The van der Waals surface area contributed by atoms with Gasteiger partial charge in [0.1, 0.15) is 10.6 Å². The van der Waals surface area contributed by atoms with E-state index in [0.29, 0.717) is 22.9 Å². The second-order valence-corrected chi connectivity index (χ2v) is 6.83. The zero-order valence-corrected chi connectivity index (χ0v) is 14.3. The molecule has 0 atom stereocenters. The van der Waals surface area contributed by atoms with Gasteiger partial charge in [-0.1, -0.05) is 18.5 Å². The summed E-state index contributed by atoms with van der Waals surface area (Å²) in [4.78, 5) is 2.41. The van der Waals surface area contributed by atoms with E-state index in [2.05, 4.69) is 17.1 Å². The first kappa shape index (κ1) is 18.2. The minimum atomic E-state index is -3.74. The summed E-state index contributed by atoms with van der Waals surface area (Å²) in [6.07, 6.45) is 0.982. The molecule has 0 aliphatic heterocycles. The van der Waals surface area contributed by atoms with Gasteiger partial charge in [-0.25, -0.2) is 13.4 Å². The number of nitrogens with one attached hydrogen (secondary N) is 2. The van der Waals surface area contributed by atoms with Crippen molar-refractivity contribution in [2.45, 2.75) is 24.8 Å². The van der Waals surface area contributed by atoms with Crippen molar-refractivity contribution in [3.63, 3.8) is 0 Å². The largest absolute Gasteiger partial charge is 0.495 e. The molecule has 1 rings (SSSR count). The van der Waals surface area contributed by atoms with E-state index in [1.54, 1.807) is 20.2 Å². The summed E-state index contributed by atoms with van der Waals surface area (Å²) < 4.78 is 30.0. The molecule has 0 spiro atoms. The fraction of sp³-hybridized carbons (Fsp3) is 0.538. The Bertz CT molecular complexity index is 576. The van der Waals surface area contributed by atoms with Crippen molar-refractivity contribution < 1.29 is 13.2 Å². The van der Waals surface area contributed by atoms with E-state index >= 15 is 0 Å². The number of hydrogen-bond acceptors (Lipinski definition) is 5. The third kappa shape index (κ3) is 5.12. The number of hydrogen-bond donors (Lipinski definition) is 2. The van der Waals surface area contributed by atoms with Gasteiger partial charge in [-0.3, -0.25) is 0 Å². The molecule has 21 heavy (non-hydrogen) atoms. The van der Waals surface area contributed by atoms with Crippen LogP contribution in [0.2, 0.25) is 5.02 Å². The molecule has 0 saturated carbocycles. The van der Waals surface area contributed by atoms with Gasteiger partial charge in [0.25, 0.3) is 10.0 Å². The number of benzene rings is 1. The van der Waals surface area contributed by atoms with Crippen LogP contribution in [-0.4, -0.2) is 41.2 Å². The zero-order chi connectivity index (χ0) is 16.0. The SMILES string of the molecule is CCCNCc1cc(Cl)cc(S(=O)(=O)NN(C)C)c1OC. The number of halogens is 1. The zero-order valence-electron chi connectivity index (χ0n) is 12.7. The lowest BCUT2D eigenvalue weighted by atomic mass is 10.2. The summed E-state index contributed by atoms with van der Waals surface area (Å²) in [5.74, 6) is 0.303. The standard InChI is InChI=1S/C13H22ClN3O3S/c1-5-6-15-9-10-7-11(14)8-12(13(10)20-4)21(18,19)16-17(2)3/h7-8,15-16H,5-6,9H2,1-4H3. The Kier molecular flexibility index (Phi) is 6.89. The van der Waals surface area contributed by atoms with E-state index in [4.69, 9.17) is 16.3 Å². The van der Waals surface area contributed by atoms with Crippen LogP contribution < -0.4 is 14.9 Å². The summed E-state index contributed by atoms with van der Waals surface area (Å²) >= 11 is 6.05. The third-order valence-electron chi connectivity index (χ3n) is 2.64. The Morgan fingerprint density at radius 2 is 2.00 bits per heavy atom. The number of nitrogens with zero attached hydrogens (tertiary/aromatic N) is 1. The molecule has 0 saturated heterocycles. The Labute approximate surface area is 131 Å². The van der Waals surface area contributed by atoms with Crippen molar-refractivity contribution >= 4 is 21.6 Å². The molecular weight excluding hydrogens is 314 g/mol. The minimum absolute atomic E-state index is 0.0273. The summed E-state index contributed by atoms with van der Waals surface area (Å²) in [6, 6.07) is 3.09.